The Balaban J connectivity index is 2.16. The molecule has 0 bridgehead atoms. The van der Waals surface area contributed by atoms with E-state index in [2.05, 4.69) is 45.0 Å². The molecular formula is C16H19NS. The molecule has 0 spiro atoms. The Kier molecular flexibility index (Phi) is 3.97. The second-order valence-electron chi connectivity index (χ2n) is 4.68. The fourth-order valence-electron chi connectivity index (χ4n) is 2.06. The summed E-state index contributed by atoms with van der Waals surface area (Å²) >= 11 is 1.88. The molecule has 0 aliphatic heterocycles. The molecule has 0 atom stereocenters. The highest BCUT2D eigenvalue weighted by Crippen LogP contribution is 2.29. The molecule has 2 aromatic rings. The summed E-state index contributed by atoms with van der Waals surface area (Å²) in [5, 5.41) is 0. The van der Waals surface area contributed by atoms with Crippen molar-refractivity contribution in [3.8, 4) is 0 Å². The van der Waals surface area contributed by atoms with Crippen molar-refractivity contribution in [3.05, 3.63) is 58.7 Å². The summed E-state index contributed by atoms with van der Waals surface area (Å²) in [6, 6.07) is 12.6. The van der Waals surface area contributed by atoms with Crippen LogP contribution in [0.15, 0.2) is 41.3 Å². The van der Waals surface area contributed by atoms with E-state index in [1.54, 1.807) is 0 Å². The van der Waals surface area contributed by atoms with Crippen LogP contribution in [-0.2, 0) is 5.75 Å². The van der Waals surface area contributed by atoms with Gasteiger partial charge in [0.15, 0.2) is 0 Å². The minimum absolute atomic E-state index is 0.837. The normalized spacial score (nSPS) is 10.6. The highest BCUT2D eigenvalue weighted by Gasteiger charge is 2.05. The predicted molar refractivity (Wildman–Crippen MR) is 81.1 cm³/mol. The van der Waals surface area contributed by atoms with Crippen molar-refractivity contribution in [1.29, 1.82) is 0 Å². The number of hydrogen-bond acceptors (Lipinski definition) is 2. The summed E-state index contributed by atoms with van der Waals surface area (Å²) in [7, 11) is 0. The quantitative estimate of drug-likeness (QED) is 0.648. The van der Waals surface area contributed by atoms with E-state index in [1.165, 1.54) is 27.1 Å². The lowest BCUT2D eigenvalue weighted by Gasteiger charge is -2.11. The van der Waals surface area contributed by atoms with Crippen LogP contribution in [-0.4, -0.2) is 0 Å². The molecule has 0 amide bonds. The van der Waals surface area contributed by atoms with Crippen LogP contribution in [0.3, 0.4) is 0 Å². The zero-order valence-electron chi connectivity index (χ0n) is 11.2. The van der Waals surface area contributed by atoms with Crippen LogP contribution in [0.1, 0.15) is 22.3 Å². The first-order valence-corrected chi connectivity index (χ1v) is 7.10. The topological polar surface area (TPSA) is 26.0 Å². The molecule has 0 aliphatic rings. The molecular weight excluding hydrogens is 238 g/mol. The molecule has 0 saturated carbocycles. The van der Waals surface area contributed by atoms with Gasteiger partial charge in [-0.3, -0.25) is 0 Å². The van der Waals surface area contributed by atoms with Crippen molar-refractivity contribution < 1.29 is 0 Å². The molecule has 2 N–H and O–H groups in total. The number of hydrogen-bond donors (Lipinski definition) is 1. The molecule has 18 heavy (non-hydrogen) atoms. The number of thioether (sulfide) groups is 1. The van der Waals surface area contributed by atoms with Crippen LogP contribution >= 0.6 is 11.8 Å². The van der Waals surface area contributed by atoms with Gasteiger partial charge < -0.3 is 5.73 Å². The fraction of sp³-hybridized carbons (Fsp3) is 0.250. The van der Waals surface area contributed by atoms with Crippen molar-refractivity contribution in [1.82, 2.24) is 0 Å². The maximum atomic E-state index is 5.77. The lowest BCUT2D eigenvalue weighted by Crippen LogP contribution is -1.92. The average Bonchev–Trinajstić information content (AvgIpc) is 2.31. The smallest absolute Gasteiger partial charge is 0.0317 e. The molecule has 0 saturated heterocycles. The van der Waals surface area contributed by atoms with E-state index in [-0.39, 0.29) is 0 Å². The van der Waals surface area contributed by atoms with Gasteiger partial charge in [0.05, 0.1) is 0 Å². The van der Waals surface area contributed by atoms with Gasteiger partial charge in [-0.05, 0) is 61.2 Å². The number of nitrogens with two attached hydrogens (primary N) is 1. The van der Waals surface area contributed by atoms with Crippen LogP contribution < -0.4 is 5.73 Å². The predicted octanol–water partition coefficient (Wildman–Crippen LogP) is 4.49. The molecule has 0 fully saturated rings. The molecule has 2 aromatic carbocycles. The zero-order valence-corrected chi connectivity index (χ0v) is 12.0. The minimum atomic E-state index is 0.837. The van der Waals surface area contributed by atoms with Crippen LogP contribution in [0.2, 0.25) is 0 Å². The van der Waals surface area contributed by atoms with E-state index in [9.17, 15) is 0 Å². The van der Waals surface area contributed by atoms with Crippen LogP contribution in [0, 0.1) is 20.8 Å². The molecule has 0 radical (unpaired) electrons. The molecule has 0 heterocycles. The van der Waals surface area contributed by atoms with Crippen molar-refractivity contribution in [2.45, 2.75) is 31.4 Å². The van der Waals surface area contributed by atoms with Crippen LogP contribution in [0.5, 0.6) is 0 Å². The Morgan fingerprint density at radius 1 is 0.944 bits per heavy atom. The highest BCUT2D eigenvalue weighted by atomic mass is 32.2. The second kappa shape index (κ2) is 5.49. The van der Waals surface area contributed by atoms with Gasteiger partial charge in [-0.1, -0.05) is 18.2 Å². The second-order valence-corrected chi connectivity index (χ2v) is 5.70. The van der Waals surface area contributed by atoms with Crippen LogP contribution in [0.4, 0.5) is 5.69 Å². The van der Waals surface area contributed by atoms with Crippen molar-refractivity contribution in [3.63, 3.8) is 0 Å². The lowest BCUT2D eigenvalue weighted by atomic mass is 10.1. The van der Waals surface area contributed by atoms with Crippen molar-refractivity contribution in [2.24, 2.45) is 0 Å². The first-order chi connectivity index (χ1) is 8.58. The largest absolute Gasteiger partial charge is 0.399 e. The molecule has 0 aromatic heterocycles. The number of benzene rings is 2. The summed E-state index contributed by atoms with van der Waals surface area (Å²) < 4.78 is 0. The number of aryl methyl sites for hydroxylation is 3. The van der Waals surface area contributed by atoms with Gasteiger partial charge in [-0.25, -0.2) is 0 Å². The number of anilines is 1. The SMILES string of the molecule is Cc1cc(N)ccc1SCc1c(C)cccc1C. The van der Waals surface area contributed by atoms with E-state index in [0.29, 0.717) is 0 Å². The third-order valence-electron chi connectivity index (χ3n) is 3.22. The minimum Gasteiger partial charge on any atom is -0.399 e. The first kappa shape index (κ1) is 13.0. The lowest BCUT2D eigenvalue weighted by molar-refractivity contribution is 1.23. The van der Waals surface area contributed by atoms with E-state index in [1.807, 2.05) is 23.9 Å². The van der Waals surface area contributed by atoms with Gasteiger partial charge in [-0.15, -0.1) is 11.8 Å². The van der Waals surface area contributed by atoms with Crippen molar-refractivity contribution in [2.75, 3.05) is 5.73 Å². The van der Waals surface area contributed by atoms with Gasteiger partial charge in [0.1, 0.15) is 0 Å². The summed E-state index contributed by atoms with van der Waals surface area (Å²) in [6.45, 7) is 6.47. The summed E-state index contributed by atoms with van der Waals surface area (Å²) in [4.78, 5) is 1.31. The summed E-state index contributed by atoms with van der Waals surface area (Å²) in [5.74, 6) is 1.02. The Morgan fingerprint density at radius 3 is 2.22 bits per heavy atom. The Hall–Kier alpha value is -1.41. The average molecular weight is 257 g/mol. The highest BCUT2D eigenvalue weighted by molar-refractivity contribution is 7.98. The monoisotopic (exact) mass is 257 g/mol. The van der Waals surface area contributed by atoms with Gasteiger partial charge in [-0.2, -0.15) is 0 Å². The van der Waals surface area contributed by atoms with E-state index >= 15 is 0 Å². The summed E-state index contributed by atoms with van der Waals surface area (Å²) in [5.41, 5.74) is 12.1. The number of nitrogen functional groups attached to an aromatic ring is 1. The molecule has 2 rings (SSSR count). The fourth-order valence-corrected chi connectivity index (χ4v) is 3.27. The number of rotatable bonds is 3. The molecule has 1 nitrogen and oxygen atoms in total. The standard InChI is InChI=1S/C16H19NS/c1-11-5-4-6-12(2)15(11)10-18-16-8-7-14(17)9-13(16)3/h4-9H,10,17H2,1-3H3. The Labute approximate surface area is 113 Å². The maximum Gasteiger partial charge on any atom is 0.0317 e. The van der Waals surface area contributed by atoms with Crippen molar-refractivity contribution >= 4 is 17.4 Å². The van der Waals surface area contributed by atoms with E-state index in [4.69, 9.17) is 5.73 Å². The third-order valence-corrected chi connectivity index (χ3v) is 4.42. The first-order valence-electron chi connectivity index (χ1n) is 6.12. The van der Waals surface area contributed by atoms with Gasteiger partial charge in [0, 0.05) is 16.3 Å². The maximum absolute atomic E-state index is 5.77. The van der Waals surface area contributed by atoms with E-state index in [0.717, 1.165) is 11.4 Å². The van der Waals surface area contributed by atoms with Gasteiger partial charge in [0.25, 0.3) is 0 Å². The zero-order chi connectivity index (χ0) is 13.1. The van der Waals surface area contributed by atoms with Gasteiger partial charge in [0.2, 0.25) is 0 Å². The summed E-state index contributed by atoms with van der Waals surface area (Å²) in [6.07, 6.45) is 0. The Bertz CT molecular complexity index is 541. The molecule has 0 unspecified atom stereocenters. The molecule has 94 valence electrons. The Morgan fingerprint density at radius 2 is 1.61 bits per heavy atom. The molecule has 2 heteroatoms. The third kappa shape index (κ3) is 2.88. The van der Waals surface area contributed by atoms with Crippen LogP contribution in [0.25, 0.3) is 0 Å². The van der Waals surface area contributed by atoms with E-state index < -0.39 is 0 Å². The van der Waals surface area contributed by atoms with Gasteiger partial charge >= 0.3 is 0 Å². The molecule has 0 aliphatic carbocycles.